The second-order valence-corrected chi connectivity index (χ2v) is 5.29. The van der Waals surface area contributed by atoms with E-state index in [1.807, 2.05) is 12.1 Å². The molecule has 0 aromatic carbocycles. The monoisotopic (exact) mass is 318 g/mol. The third kappa shape index (κ3) is 5.52. The molecule has 2 N–H and O–H groups in total. The van der Waals surface area contributed by atoms with Gasteiger partial charge < -0.3 is 10.5 Å². The van der Waals surface area contributed by atoms with Crippen LogP contribution < -0.4 is 5.73 Å². The summed E-state index contributed by atoms with van der Waals surface area (Å²) in [6.07, 6.45) is 1.75. The van der Waals surface area contributed by atoms with Crippen LogP contribution in [0.2, 0.25) is 0 Å². The lowest BCUT2D eigenvalue weighted by atomic mass is 10.4. The predicted molar refractivity (Wildman–Crippen MR) is 72.7 cm³/mol. The number of ether oxygens (including phenoxy) is 1. The van der Waals surface area contributed by atoms with Crippen LogP contribution in [0.25, 0.3) is 0 Å². The number of nitrogens with two attached hydrogens (primary N) is 1. The molecular weight excluding hydrogens is 304 g/mol. The van der Waals surface area contributed by atoms with Gasteiger partial charge >= 0.3 is 5.97 Å². The lowest BCUT2D eigenvalue weighted by molar-refractivity contribution is -0.144. The molecule has 0 radical (unpaired) electrons. The van der Waals surface area contributed by atoms with E-state index in [9.17, 15) is 4.79 Å². The van der Waals surface area contributed by atoms with E-state index in [2.05, 4.69) is 20.9 Å². The van der Waals surface area contributed by atoms with Crippen molar-refractivity contribution < 1.29 is 9.53 Å². The van der Waals surface area contributed by atoms with Crippen LogP contribution in [0.5, 0.6) is 0 Å². The zero-order valence-corrected chi connectivity index (χ0v) is 12.0. The molecule has 0 spiro atoms. The summed E-state index contributed by atoms with van der Waals surface area (Å²) in [7, 11) is 0. The smallest absolute Gasteiger partial charge is 0.323 e. The highest BCUT2D eigenvalue weighted by Crippen LogP contribution is 2.13. The Bertz CT molecular complexity index is 359. The molecule has 0 aliphatic carbocycles. The van der Waals surface area contributed by atoms with Crippen LogP contribution in [0, 0.1) is 0 Å². The number of nitrogens with zero attached hydrogens (tertiary/aromatic N) is 1. The maximum absolute atomic E-state index is 11.2. The normalized spacial score (nSPS) is 12.2. The number of pyridine rings is 1. The molecule has 0 fully saturated rings. The topological polar surface area (TPSA) is 65.2 Å². The maximum Gasteiger partial charge on any atom is 0.323 e. The van der Waals surface area contributed by atoms with Crippen molar-refractivity contribution in [2.45, 2.75) is 18.7 Å². The highest BCUT2D eigenvalue weighted by atomic mass is 79.9. The van der Waals surface area contributed by atoms with Gasteiger partial charge in [0.15, 0.2) is 0 Å². The minimum atomic E-state index is -0.560. The molecule has 1 unspecified atom stereocenters. The van der Waals surface area contributed by atoms with Crippen LogP contribution in [0.1, 0.15) is 12.6 Å². The molecule has 1 aromatic rings. The van der Waals surface area contributed by atoms with Gasteiger partial charge in [0.25, 0.3) is 0 Å². The fourth-order valence-corrected chi connectivity index (χ4v) is 2.22. The lowest BCUT2D eigenvalue weighted by Gasteiger charge is -2.09. The summed E-state index contributed by atoms with van der Waals surface area (Å²) in [4.78, 5) is 15.5. The number of hydrogen-bond acceptors (Lipinski definition) is 5. The number of carbonyl (C=O) groups is 1. The molecule has 0 bridgehead atoms. The van der Waals surface area contributed by atoms with E-state index < -0.39 is 6.04 Å². The highest BCUT2D eigenvalue weighted by Gasteiger charge is 2.14. The average Bonchev–Trinajstić information content (AvgIpc) is 2.32. The maximum atomic E-state index is 11.2. The van der Waals surface area contributed by atoms with Crippen molar-refractivity contribution >= 4 is 33.7 Å². The van der Waals surface area contributed by atoms with Crippen molar-refractivity contribution in [3.05, 3.63) is 28.5 Å². The Kier molecular flexibility index (Phi) is 6.54. The fraction of sp³-hybridized carbons (Fsp3) is 0.455. The van der Waals surface area contributed by atoms with Gasteiger partial charge in [0.1, 0.15) is 6.04 Å². The van der Waals surface area contributed by atoms with Crippen LogP contribution in [-0.4, -0.2) is 29.4 Å². The first-order valence-electron chi connectivity index (χ1n) is 5.24. The third-order valence-electron chi connectivity index (χ3n) is 1.93. The Labute approximate surface area is 113 Å². The number of aromatic nitrogens is 1. The van der Waals surface area contributed by atoms with Crippen LogP contribution in [0.4, 0.5) is 0 Å². The lowest BCUT2D eigenvalue weighted by Crippen LogP contribution is -2.34. The molecule has 0 aliphatic rings. The minimum absolute atomic E-state index is 0.344. The minimum Gasteiger partial charge on any atom is -0.465 e. The van der Waals surface area contributed by atoms with E-state index in [1.54, 1.807) is 24.9 Å². The quantitative estimate of drug-likeness (QED) is 0.812. The van der Waals surface area contributed by atoms with Gasteiger partial charge in [-0.3, -0.25) is 9.78 Å². The molecule has 4 nitrogen and oxygen atoms in total. The first kappa shape index (κ1) is 14.5. The van der Waals surface area contributed by atoms with Crippen LogP contribution in [0.15, 0.2) is 22.8 Å². The standard InChI is InChI=1S/C11H15BrN2O2S/c1-2-16-11(15)10(13)7-17-6-9-4-3-8(12)5-14-9/h3-5,10H,2,6-7,13H2,1H3. The van der Waals surface area contributed by atoms with Gasteiger partial charge in [0, 0.05) is 22.2 Å². The third-order valence-corrected chi connectivity index (χ3v) is 3.49. The second kappa shape index (κ2) is 7.68. The van der Waals surface area contributed by atoms with Crippen molar-refractivity contribution in [3.63, 3.8) is 0 Å². The van der Waals surface area contributed by atoms with Gasteiger partial charge in [-0.2, -0.15) is 11.8 Å². The Balaban J connectivity index is 2.27. The van der Waals surface area contributed by atoms with Crippen molar-refractivity contribution in [2.75, 3.05) is 12.4 Å². The Morgan fingerprint density at radius 2 is 2.41 bits per heavy atom. The van der Waals surface area contributed by atoms with Gasteiger partial charge in [-0.25, -0.2) is 0 Å². The number of esters is 1. The van der Waals surface area contributed by atoms with Gasteiger partial charge in [0.2, 0.25) is 0 Å². The first-order chi connectivity index (χ1) is 8.13. The molecule has 1 aromatic heterocycles. The molecular formula is C11H15BrN2O2S. The van der Waals surface area contributed by atoms with E-state index in [1.165, 1.54) is 0 Å². The fourth-order valence-electron chi connectivity index (χ4n) is 1.10. The van der Waals surface area contributed by atoms with Crippen molar-refractivity contribution in [2.24, 2.45) is 5.73 Å². The van der Waals surface area contributed by atoms with Crippen molar-refractivity contribution in [1.29, 1.82) is 0 Å². The predicted octanol–water partition coefficient (Wildman–Crippen LogP) is 1.97. The summed E-state index contributed by atoms with van der Waals surface area (Å²) in [5, 5.41) is 0. The van der Waals surface area contributed by atoms with E-state index in [0.717, 1.165) is 15.9 Å². The SMILES string of the molecule is CCOC(=O)C(N)CSCc1ccc(Br)cn1. The van der Waals surface area contributed by atoms with E-state index in [0.29, 0.717) is 12.4 Å². The molecule has 1 heterocycles. The summed E-state index contributed by atoms with van der Waals surface area (Å²) in [6.45, 7) is 2.13. The number of thioether (sulfide) groups is 1. The highest BCUT2D eigenvalue weighted by molar-refractivity contribution is 9.10. The van der Waals surface area contributed by atoms with Crippen molar-refractivity contribution in [3.8, 4) is 0 Å². The number of carbonyl (C=O) groups excluding carboxylic acids is 1. The summed E-state index contributed by atoms with van der Waals surface area (Å²) >= 11 is 4.89. The zero-order chi connectivity index (χ0) is 12.7. The molecule has 94 valence electrons. The Hall–Kier alpha value is -0.590. The van der Waals surface area contributed by atoms with Crippen LogP contribution in [0.3, 0.4) is 0 Å². The van der Waals surface area contributed by atoms with Gasteiger partial charge in [-0.1, -0.05) is 0 Å². The van der Waals surface area contributed by atoms with Crippen molar-refractivity contribution in [1.82, 2.24) is 4.98 Å². The molecule has 6 heteroatoms. The second-order valence-electron chi connectivity index (χ2n) is 3.34. The number of rotatable bonds is 6. The molecule has 1 atom stereocenters. The molecule has 1 rings (SSSR count). The van der Waals surface area contributed by atoms with Crippen LogP contribution >= 0.6 is 27.7 Å². The Morgan fingerprint density at radius 3 is 3.00 bits per heavy atom. The largest absolute Gasteiger partial charge is 0.465 e. The van der Waals surface area contributed by atoms with Gasteiger partial charge in [-0.05, 0) is 35.0 Å². The number of halogens is 1. The van der Waals surface area contributed by atoms with Gasteiger partial charge in [-0.15, -0.1) is 0 Å². The summed E-state index contributed by atoms with van der Waals surface area (Å²) in [6, 6.07) is 3.32. The average molecular weight is 319 g/mol. The first-order valence-corrected chi connectivity index (χ1v) is 7.18. The summed E-state index contributed by atoms with van der Waals surface area (Å²) in [5.74, 6) is 0.931. The van der Waals surface area contributed by atoms with E-state index in [4.69, 9.17) is 10.5 Å². The molecule has 0 saturated heterocycles. The number of hydrogen-bond donors (Lipinski definition) is 1. The zero-order valence-electron chi connectivity index (χ0n) is 9.56. The van der Waals surface area contributed by atoms with Crippen LogP contribution in [-0.2, 0) is 15.3 Å². The Morgan fingerprint density at radius 1 is 1.65 bits per heavy atom. The van der Waals surface area contributed by atoms with E-state index in [-0.39, 0.29) is 5.97 Å². The molecule has 0 saturated carbocycles. The molecule has 0 amide bonds. The summed E-state index contributed by atoms with van der Waals surface area (Å²) < 4.78 is 5.78. The molecule has 17 heavy (non-hydrogen) atoms. The summed E-state index contributed by atoms with van der Waals surface area (Å²) in [5.41, 5.74) is 6.64. The van der Waals surface area contributed by atoms with Gasteiger partial charge in [0.05, 0.1) is 12.3 Å². The van der Waals surface area contributed by atoms with E-state index >= 15 is 0 Å². The molecule has 0 aliphatic heterocycles.